The van der Waals surface area contributed by atoms with Gasteiger partial charge in [-0.15, -0.1) is 0 Å². The number of hydrogen-bond donors (Lipinski definition) is 2. The van der Waals surface area contributed by atoms with Gasteiger partial charge in [-0.2, -0.15) is 40.2 Å². The van der Waals surface area contributed by atoms with Gasteiger partial charge in [0.15, 0.2) is 5.69 Å². The maximum Gasteiger partial charge on any atom is 0.459 e. The zero-order valence-corrected chi connectivity index (χ0v) is 18.2. The standard InChI is InChI=1S/C19H17ClF8N4O2/c1-3-4-12(33)29-8-9-7-10(5-6-11(9)20)30-16(34)14-13(18(23,24)25)15(31-32(14)2)17(21,22)19(26,27)28/h5-7H,3-4,8H2,1-2H3,(H,29,33)(H,30,34). The lowest BCUT2D eigenvalue weighted by Crippen LogP contribution is -2.36. The summed E-state index contributed by atoms with van der Waals surface area (Å²) in [5.74, 6) is -7.93. The topological polar surface area (TPSA) is 76.0 Å². The largest absolute Gasteiger partial charge is 0.459 e. The van der Waals surface area contributed by atoms with E-state index < -0.39 is 41.1 Å². The average Bonchev–Trinajstić information content (AvgIpc) is 3.06. The number of benzene rings is 1. The molecule has 188 valence electrons. The normalized spacial score (nSPS) is 12.6. The second-order valence-electron chi connectivity index (χ2n) is 7.05. The molecule has 1 aromatic heterocycles. The second-order valence-corrected chi connectivity index (χ2v) is 7.46. The number of amides is 2. The number of alkyl halides is 8. The summed E-state index contributed by atoms with van der Waals surface area (Å²) >= 11 is 6.00. The van der Waals surface area contributed by atoms with Crippen LogP contribution >= 0.6 is 11.6 Å². The van der Waals surface area contributed by atoms with Crippen molar-refractivity contribution in [3.05, 3.63) is 45.7 Å². The zero-order chi connectivity index (χ0) is 26.1. The fourth-order valence-electron chi connectivity index (χ4n) is 2.89. The summed E-state index contributed by atoms with van der Waals surface area (Å²) in [6.45, 7) is 1.68. The Morgan fingerprint density at radius 3 is 2.24 bits per heavy atom. The maximum absolute atomic E-state index is 13.8. The number of aryl methyl sites for hydroxylation is 1. The minimum atomic E-state index is -6.39. The molecule has 2 amide bonds. The Balaban J connectivity index is 2.44. The third kappa shape index (κ3) is 5.77. The van der Waals surface area contributed by atoms with Crippen molar-refractivity contribution in [1.29, 1.82) is 0 Å². The van der Waals surface area contributed by atoms with Crippen LogP contribution in [0.2, 0.25) is 5.02 Å². The molecule has 0 radical (unpaired) electrons. The molecule has 0 bridgehead atoms. The SMILES string of the molecule is CCCC(=O)NCc1cc(NC(=O)c2c(C(F)(F)F)c(C(F)(F)C(F)(F)F)nn2C)ccc1Cl. The monoisotopic (exact) mass is 520 g/mol. The van der Waals surface area contributed by atoms with Gasteiger partial charge < -0.3 is 10.6 Å². The van der Waals surface area contributed by atoms with Gasteiger partial charge in [0, 0.05) is 30.7 Å². The average molecular weight is 521 g/mol. The first-order chi connectivity index (χ1) is 15.5. The predicted octanol–water partition coefficient (Wildman–Crippen LogP) is 5.42. The Bertz CT molecular complexity index is 1080. The number of aromatic nitrogens is 2. The summed E-state index contributed by atoms with van der Waals surface area (Å²) in [5, 5.41) is 7.35. The Labute approximate surface area is 192 Å². The van der Waals surface area contributed by atoms with E-state index in [1.807, 2.05) is 5.32 Å². The molecule has 0 aliphatic heterocycles. The molecule has 0 aliphatic carbocycles. The predicted molar refractivity (Wildman–Crippen MR) is 104 cm³/mol. The van der Waals surface area contributed by atoms with Gasteiger partial charge in [0.25, 0.3) is 5.91 Å². The summed E-state index contributed by atoms with van der Waals surface area (Å²) < 4.78 is 106. The van der Waals surface area contributed by atoms with Crippen LogP contribution < -0.4 is 10.6 Å². The van der Waals surface area contributed by atoms with Gasteiger partial charge in [0.05, 0.1) is 0 Å². The molecular formula is C19H17ClF8N4O2. The molecule has 6 nitrogen and oxygen atoms in total. The number of anilines is 1. The molecule has 34 heavy (non-hydrogen) atoms. The third-order valence-electron chi connectivity index (χ3n) is 4.46. The van der Waals surface area contributed by atoms with Crippen LogP contribution in [0, 0.1) is 0 Å². The molecule has 1 heterocycles. The third-order valence-corrected chi connectivity index (χ3v) is 4.82. The van der Waals surface area contributed by atoms with Crippen molar-refractivity contribution in [2.24, 2.45) is 7.05 Å². The first-order valence-corrected chi connectivity index (χ1v) is 9.84. The first kappa shape index (κ1) is 27.3. The molecule has 0 atom stereocenters. The Kier molecular flexibility index (Phi) is 7.85. The Hall–Kier alpha value is -2.90. The highest BCUT2D eigenvalue weighted by Crippen LogP contribution is 2.48. The highest BCUT2D eigenvalue weighted by Gasteiger charge is 2.64. The van der Waals surface area contributed by atoms with Crippen LogP contribution in [0.3, 0.4) is 0 Å². The van der Waals surface area contributed by atoms with Crippen LogP contribution in [0.25, 0.3) is 0 Å². The van der Waals surface area contributed by atoms with Gasteiger partial charge in [0.2, 0.25) is 5.91 Å². The highest BCUT2D eigenvalue weighted by molar-refractivity contribution is 6.31. The fourth-order valence-corrected chi connectivity index (χ4v) is 3.08. The van der Waals surface area contributed by atoms with Crippen molar-refractivity contribution in [2.45, 2.75) is 44.6 Å². The highest BCUT2D eigenvalue weighted by atomic mass is 35.5. The van der Waals surface area contributed by atoms with E-state index in [-0.39, 0.29) is 39.8 Å². The van der Waals surface area contributed by atoms with Crippen molar-refractivity contribution in [2.75, 3.05) is 5.32 Å². The van der Waals surface area contributed by atoms with Crippen LogP contribution in [0.1, 0.15) is 47.1 Å². The van der Waals surface area contributed by atoms with E-state index in [1.54, 1.807) is 6.92 Å². The van der Waals surface area contributed by atoms with E-state index in [4.69, 9.17) is 11.6 Å². The smallest absolute Gasteiger partial charge is 0.352 e. The van der Waals surface area contributed by atoms with Crippen molar-refractivity contribution >= 4 is 29.1 Å². The number of nitrogens with zero attached hydrogens (tertiary/aromatic N) is 2. The summed E-state index contributed by atoms with van der Waals surface area (Å²) in [5.41, 5.74) is -6.62. The van der Waals surface area contributed by atoms with Gasteiger partial charge in [-0.25, -0.2) is 0 Å². The van der Waals surface area contributed by atoms with Crippen LogP contribution in [0.4, 0.5) is 40.8 Å². The lowest BCUT2D eigenvalue weighted by molar-refractivity contribution is -0.292. The lowest BCUT2D eigenvalue weighted by atomic mass is 10.1. The van der Waals surface area contributed by atoms with Crippen molar-refractivity contribution < 1.29 is 44.7 Å². The number of carbonyl (C=O) groups is 2. The number of rotatable bonds is 7. The van der Waals surface area contributed by atoms with Gasteiger partial charge in [0.1, 0.15) is 11.3 Å². The number of nitrogens with one attached hydrogen (secondary N) is 2. The van der Waals surface area contributed by atoms with E-state index in [9.17, 15) is 44.7 Å². The first-order valence-electron chi connectivity index (χ1n) is 9.46. The van der Waals surface area contributed by atoms with E-state index in [0.29, 0.717) is 13.5 Å². The molecule has 2 rings (SSSR count). The Morgan fingerprint density at radius 2 is 1.71 bits per heavy atom. The van der Waals surface area contributed by atoms with Gasteiger partial charge in [-0.3, -0.25) is 14.3 Å². The molecule has 15 heteroatoms. The summed E-state index contributed by atoms with van der Waals surface area (Å²) in [6, 6.07) is 3.60. The lowest BCUT2D eigenvalue weighted by Gasteiger charge is -2.19. The van der Waals surface area contributed by atoms with Crippen LogP contribution in [0.15, 0.2) is 18.2 Å². The van der Waals surface area contributed by atoms with E-state index in [2.05, 4.69) is 10.4 Å². The molecule has 1 aromatic carbocycles. The molecule has 0 aliphatic rings. The van der Waals surface area contributed by atoms with Gasteiger partial charge in [-0.1, -0.05) is 18.5 Å². The maximum atomic E-state index is 13.8. The molecule has 0 unspecified atom stereocenters. The van der Waals surface area contributed by atoms with E-state index >= 15 is 0 Å². The fraction of sp³-hybridized carbons (Fsp3) is 0.421. The minimum Gasteiger partial charge on any atom is -0.352 e. The van der Waals surface area contributed by atoms with Gasteiger partial charge >= 0.3 is 18.3 Å². The number of halogens is 9. The van der Waals surface area contributed by atoms with Crippen molar-refractivity contribution in [3.8, 4) is 0 Å². The molecule has 0 spiro atoms. The Morgan fingerprint density at radius 1 is 1.09 bits per heavy atom. The number of carbonyl (C=O) groups excluding carboxylic acids is 2. The number of hydrogen-bond acceptors (Lipinski definition) is 3. The van der Waals surface area contributed by atoms with Crippen LogP contribution in [-0.4, -0.2) is 27.8 Å². The molecule has 0 saturated carbocycles. The second kappa shape index (κ2) is 9.76. The van der Waals surface area contributed by atoms with E-state index in [0.717, 1.165) is 6.07 Å². The van der Waals surface area contributed by atoms with Crippen LogP contribution in [0.5, 0.6) is 0 Å². The summed E-state index contributed by atoms with van der Waals surface area (Å²) in [7, 11) is 0.622. The summed E-state index contributed by atoms with van der Waals surface area (Å²) in [4.78, 5) is 24.2. The quantitative estimate of drug-likeness (QED) is 0.479. The summed E-state index contributed by atoms with van der Waals surface area (Å²) in [6.07, 6.45) is -11.4. The van der Waals surface area contributed by atoms with Crippen molar-refractivity contribution in [1.82, 2.24) is 15.1 Å². The van der Waals surface area contributed by atoms with Gasteiger partial charge in [-0.05, 0) is 30.2 Å². The minimum absolute atomic E-state index is 0.00502. The molecule has 0 fully saturated rings. The molecule has 2 aromatic rings. The molecule has 2 N–H and O–H groups in total. The molecular weight excluding hydrogens is 504 g/mol. The molecule has 0 saturated heterocycles. The van der Waals surface area contributed by atoms with E-state index in [1.165, 1.54) is 12.1 Å². The van der Waals surface area contributed by atoms with Crippen molar-refractivity contribution in [3.63, 3.8) is 0 Å². The van der Waals surface area contributed by atoms with Crippen LogP contribution in [-0.2, 0) is 30.5 Å². The zero-order valence-electron chi connectivity index (χ0n) is 17.5.